The number of aromatic nitrogens is 2. The molecule has 1 atom stereocenters. The number of para-hydroxylation sites is 1. The summed E-state index contributed by atoms with van der Waals surface area (Å²) in [6, 6.07) is 15.7. The Balaban J connectivity index is 1.77. The molecule has 7 nitrogen and oxygen atoms in total. The van der Waals surface area contributed by atoms with Gasteiger partial charge >= 0.3 is 6.01 Å². The van der Waals surface area contributed by atoms with E-state index in [0.29, 0.717) is 11.6 Å². The van der Waals surface area contributed by atoms with Gasteiger partial charge in [0.05, 0.1) is 11.3 Å². The minimum atomic E-state index is -0.726. The summed E-state index contributed by atoms with van der Waals surface area (Å²) in [5.41, 5.74) is 1.33. The number of alkyl halides is 1. The van der Waals surface area contributed by atoms with Crippen molar-refractivity contribution >= 4 is 35.1 Å². The van der Waals surface area contributed by atoms with E-state index in [1.54, 1.807) is 31.2 Å². The highest BCUT2D eigenvalue weighted by molar-refractivity contribution is 6.32. The van der Waals surface area contributed by atoms with Crippen LogP contribution in [0.1, 0.15) is 17.3 Å². The standard InChI is InChI=1S/C18H15ClN4O3/c1-11(19)15(24)20-14-10-6-5-9-13(14)16(25)21-18-23-22-17(26-18)12-7-3-2-4-8-12/h2-11H,1H3,(H,20,24)(H,21,23,25)/t11-/m0/s1. The zero-order valence-corrected chi connectivity index (χ0v) is 14.5. The van der Waals surface area contributed by atoms with E-state index in [1.165, 1.54) is 0 Å². The fourth-order valence-corrected chi connectivity index (χ4v) is 2.21. The van der Waals surface area contributed by atoms with Gasteiger partial charge in [0.2, 0.25) is 11.8 Å². The van der Waals surface area contributed by atoms with Crippen LogP contribution >= 0.6 is 11.6 Å². The normalized spacial score (nSPS) is 11.6. The van der Waals surface area contributed by atoms with E-state index in [1.807, 2.05) is 30.3 Å². The Morgan fingerprint density at radius 2 is 1.69 bits per heavy atom. The van der Waals surface area contributed by atoms with Gasteiger partial charge in [0.1, 0.15) is 5.38 Å². The number of nitrogens with zero attached hydrogens (tertiary/aromatic N) is 2. The van der Waals surface area contributed by atoms with Crippen molar-refractivity contribution < 1.29 is 14.0 Å². The second kappa shape index (κ2) is 7.79. The first-order valence-electron chi connectivity index (χ1n) is 7.79. The maximum atomic E-state index is 12.5. The van der Waals surface area contributed by atoms with Crippen LogP contribution in [0.25, 0.3) is 11.5 Å². The van der Waals surface area contributed by atoms with E-state index in [4.69, 9.17) is 16.0 Å². The molecule has 0 saturated carbocycles. The molecule has 0 saturated heterocycles. The SMILES string of the molecule is C[C@H](Cl)C(=O)Nc1ccccc1C(=O)Nc1nnc(-c2ccccc2)o1. The summed E-state index contributed by atoms with van der Waals surface area (Å²) < 4.78 is 5.46. The quantitative estimate of drug-likeness (QED) is 0.669. The number of benzene rings is 2. The third kappa shape index (κ3) is 4.07. The van der Waals surface area contributed by atoms with E-state index in [9.17, 15) is 9.59 Å². The maximum absolute atomic E-state index is 12.5. The van der Waals surface area contributed by atoms with Crippen molar-refractivity contribution in [1.82, 2.24) is 10.2 Å². The number of anilines is 2. The highest BCUT2D eigenvalue weighted by Crippen LogP contribution is 2.21. The summed E-state index contributed by atoms with van der Waals surface area (Å²) in [4.78, 5) is 24.3. The predicted molar refractivity (Wildman–Crippen MR) is 98.1 cm³/mol. The molecule has 0 aliphatic carbocycles. The second-order valence-electron chi connectivity index (χ2n) is 5.38. The molecule has 26 heavy (non-hydrogen) atoms. The second-order valence-corrected chi connectivity index (χ2v) is 6.04. The highest BCUT2D eigenvalue weighted by Gasteiger charge is 2.18. The molecule has 132 valence electrons. The van der Waals surface area contributed by atoms with Crippen molar-refractivity contribution in [2.75, 3.05) is 10.6 Å². The summed E-state index contributed by atoms with van der Waals surface area (Å²) in [6.45, 7) is 1.54. The van der Waals surface area contributed by atoms with Crippen molar-refractivity contribution in [3.63, 3.8) is 0 Å². The van der Waals surface area contributed by atoms with Gasteiger partial charge in [-0.15, -0.1) is 16.7 Å². The number of halogens is 1. The van der Waals surface area contributed by atoms with Crippen molar-refractivity contribution in [3.8, 4) is 11.5 Å². The van der Waals surface area contributed by atoms with Gasteiger partial charge in [0.25, 0.3) is 5.91 Å². The summed E-state index contributed by atoms with van der Waals surface area (Å²) in [6.07, 6.45) is 0. The van der Waals surface area contributed by atoms with Gasteiger partial charge in [0.15, 0.2) is 0 Å². The maximum Gasteiger partial charge on any atom is 0.322 e. The van der Waals surface area contributed by atoms with E-state index < -0.39 is 17.2 Å². The number of rotatable bonds is 5. The monoisotopic (exact) mass is 370 g/mol. The van der Waals surface area contributed by atoms with E-state index in [0.717, 1.165) is 5.56 Å². The van der Waals surface area contributed by atoms with Gasteiger partial charge in [-0.05, 0) is 31.2 Å². The van der Waals surface area contributed by atoms with Crippen molar-refractivity contribution in [2.45, 2.75) is 12.3 Å². The Kier molecular flexibility index (Phi) is 5.28. The molecular weight excluding hydrogens is 356 g/mol. The number of hydrogen-bond donors (Lipinski definition) is 2. The number of carbonyl (C=O) groups is 2. The molecule has 0 aliphatic rings. The largest absolute Gasteiger partial charge is 0.403 e. The van der Waals surface area contributed by atoms with Crippen LogP contribution in [-0.2, 0) is 4.79 Å². The molecule has 8 heteroatoms. The first kappa shape index (κ1) is 17.6. The average Bonchev–Trinajstić information content (AvgIpc) is 3.11. The zero-order valence-electron chi connectivity index (χ0n) is 13.8. The molecule has 2 aromatic carbocycles. The minimum absolute atomic E-state index is 0.0410. The lowest BCUT2D eigenvalue weighted by Gasteiger charge is -2.10. The molecule has 0 aliphatic heterocycles. The fourth-order valence-electron chi connectivity index (χ4n) is 2.16. The van der Waals surface area contributed by atoms with Gasteiger partial charge in [-0.1, -0.05) is 35.4 Å². The van der Waals surface area contributed by atoms with Gasteiger partial charge in [-0.25, -0.2) is 0 Å². The summed E-state index contributed by atoms with van der Waals surface area (Å²) >= 11 is 5.75. The number of hydrogen-bond acceptors (Lipinski definition) is 5. The molecule has 2 amide bonds. The molecular formula is C18H15ClN4O3. The molecule has 0 fully saturated rings. The zero-order chi connectivity index (χ0) is 18.5. The van der Waals surface area contributed by atoms with Gasteiger partial charge in [-0.3, -0.25) is 14.9 Å². The third-order valence-corrected chi connectivity index (χ3v) is 3.66. The van der Waals surface area contributed by atoms with Crippen LogP contribution in [0.2, 0.25) is 0 Å². The third-order valence-electron chi connectivity index (χ3n) is 3.46. The lowest BCUT2D eigenvalue weighted by atomic mass is 10.1. The Labute approximate surface area is 154 Å². The molecule has 0 radical (unpaired) electrons. The topological polar surface area (TPSA) is 97.1 Å². The number of nitrogens with one attached hydrogen (secondary N) is 2. The molecule has 0 unspecified atom stereocenters. The summed E-state index contributed by atoms with van der Waals surface area (Å²) in [5, 5.41) is 12.1. The molecule has 1 aromatic heterocycles. The van der Waals surface area contributed by atoms with Crippen LogP contribution in [-0.4, -0.2) is 27.4 Å². The van der Waals surface area contributed by atoms with Crippen LogP contribution in [0.5, 0.6) is 0 Å². The van der Waals surface area contributed by atoms with Crippen molar-refractivity contribution in [2.24, 2.45) is 0 Å². The molecule has 0 bridgehead atoms. The molecule has 3 aromatic rings. The first-order chi connectivity index (χ1) is 12.5. The highest BCUT2D eigenvalue weighted by atomic mass is 35.5. The van der Waals surface area contributed by atoms with Crippen LogP contribution in [0, 0.1) is 0 Å². The number of carbonyl (C=O) groups excluding carboxylic acids is 2. The van der Waals surface area contributed by atoms with Crippen LogP contribution in [0.3, 0.4) is 0 Å². The first-order valence-corrected chi connectivity index (χ1v) is 8.22. The minimum Gasteiger partial charge on any atom is -0.403 e. The Hall–Kier alpha value is -3.19. The molecule has 1 heterocycles. The van der Waals surface area contributed by atoms with E-state index >= 15 is 0 Å². The van der Waals surface area contributed by atoms with Crippen LogP contribution < -0.4 is 10.6 Å². The summed E-state index contributed by atoms with van der Waals surface area (Å²) in [7, 11) is 0. The molecule has 3 rings (SSSR count). The fraction of sp³-hybridized carbons (Fsp3) is 0.111. The van der Waals surface area contributed by atoms with E-state index in [2.05, 4.69) is 20.8 Å². The van der Waals surface area contributed by atoms with Gasteiger partial charge < -0.3 is 9.73 Å². The Bertz CT molecular complexity index is 925. The smallest absolute Gasteiger partial charge is 0.322 e. The lowest BCUT2D eigenvalue weighted by molar-refractivity contribution is -0.115. The molecule has 2 N–H and O–H groups in total. The van der Waals surface area contributed by atoms with Crippen LogP contribution in [0.4, 0.5) is 11.7 Å². The van der Waals surface area contributed by atoms with Gasteiger partial charge in [-0.2, -0.15) is 0 Å². The Morgan fingerprint density at radius 3 is 2.42 bits per heavy atom. The van der Waals surface area contributed by atoms with Crippen LogP contribution in [0.15, 0.2) is 59.0 Å². The van der Waals surface area contributed by atoms with Crippen molar-refractivity contribution in [1.29, 1.82) is 0 Å². The predicted octanol–water partition coefficient (Wildman–Crippen LogP) is 3.55. The molecule has 0 spiro atoms. The van der Waals surface area contributed by atoms with E-state index in [-0.39, 0.29) is 11.6 Å². The lowest BCUT2D eigenvalue weighted by Crippen LogP contribution is -2.23. The number of amides is 2. The summed E-state index contributed by atoms with van der Waals surface area (Å²) in [5.74, 6) is -0.610. The van der Waals surface area contributed by atoms with Gasteiger partial charge in [0, 0.05) is 5.56 Å². The average molecular weight is 371 g/mol. The van der Waals surface area contributed by atoms with Crippen molar-refractivity contribution in [3.05, 3.63) is 60.2 Å². The Morgan fingerprint density at radius 1 is 1.00 bits per heavy atom.